The first kappa shape index (κ1) is 24.9. The molecule has 0 bridgehead atoms. The zero-order chi connectivity index (χ0) is 25.5. The number of ether oxygens (including phenoxy) is 2. The summed E-state index contributed by atoms with van der Waals surface area (Å²) in [6.45, 7) is -0.254. The Kier molecular flexibility index (Phi) is 7.94. The third-order valence-corrected chi connectivity index (χ3v) is 6.61. The maximum absolute atomic E-state index is 12.7. The second-order valence-corrected chi connectivity index (χ2v) is 8.84. The van der Waals surface area contributed by atoms with E-state index in [9.17, 15) is 14.4 Å². The molecule has 0 fully saturated rings. The third kappa shape index (κ3) is 6.07. The molecule has 10 heteroatoms. The van der Waals surface area contributed by atoms with E-state index in [1.807, 2.05) is 24.3 Å². The molecule has 0 radical (unpaired) electrons. The molecule has 2 amide bonds. The minimum absolute atomic E-state index is 0.254. The predicted molar refractivity (Wildman–Crippen MR) is 139 cm³/mol. The molecule has 8 nitrogen and oxygen atoms in total. The van der Waals surface area contributed by atoms with Gasteiger partial charge in [-0.1, -0.05) is 41.9 Å². The maximum atomic E-state index is 12.7. The fourth-order valence-electron chi connectivity index (χ4n) is 3.18. The molecule has 4 rings (SSSR count). The number of carbonyl (C=O) groups is 3. The first-order chi connectivity index (χ1) is 17.4. The van der Waals surface area contributed by atoms with Gasteiger partial charge in [0.15, 0.2) is 0 Å². The fourth-order valence-corrected chi connectivity index (χ4v) is 4.57. The van der Waals surface area contributed by atoms with Crippen molar-refractivity contribution in [3.05, 3.63) is 93.8 Å². The molecule has 3 aromatic carbocycles. The van der Waals surface area contributed by atoms with E-state index in [1.165, 1.54) is 24.7 Å². The summed E-state index contributed by atoms with van der Waals surface area (Å²) >= 11 is 7.62. The highest BCUT2D eigenvalue weighted by Gasteiger charge is 2.19. The molecule has 0 saturated heterocycles. The Labute approximate surface area is 215 Å². The SMILES string of the molecule is COc1ccc(C(=O)NCC(=O)N/N=C/c2cccc(OC(=O)c3sc4ccccc4c3Cl)c2)cc1. The Balaban J connectivity index is 1.30. The van der Waals surface area contributed by atoms with Crippen molar-refractivity contribution in [3.8, 4) is 11.5 Å². The van der Waals surface area contributed by atoms with Gasteiger partial charge in [-0.2, -0.15) is 5.10 Å². The molecule has 0 saturated carbocycles. The highest BCUT2D eigenvalue weighted by atomic mass is 35.5. The molecule has 0 atom stereocenters. The van der Waals surface area contributed by atoms with Gasteiger partial charge >= 0.3 is 5.97 Å². The molecule has 0 unspecified atom stereocenters. The smallest absolute Gasteiger partial charge is 0.355 e. The molecular weight excluding hydrogens is 502 g/mol. The number of thiophene rings is 1. The number of methoxy groups -OCH3 is 1. The number of rotatable bonds is 8. The molecule has 0 aliphatic carbocycles. The monoisotopic (exact) mass is 521 g/mol. The van der Waals surface area contributed by atoms with Crippen molar-refractivity contribution in [2.24, 2.45) is 5.10 Å². The number of hydrogen-bond donors (Lipinski definition) is 2. The van der Waals surface area contributed by atoms with Crippen LogP contribution in [0.25, 0.3) is 10.1 Å². The summed E-state index contributed by atoms with van der Waals surface area (Å²) in [6, 6.07) is 20.6. The summed E-state index contributed by atoms with van der Waals surface area (Å²) in [7, 11) is 1.53. The van der Waals surface area contributed by atoms with E-state index in [-0.39, 0.29) is 6.54 Å². The lowest BCUT2D eigenvalue weighted by Gasteiger charge is -2.05. The van der Waals surface area contributed by atoms with E-state index in [2.05, 4.69) is 15.8 Å². The molecule has 36 heavy (non-hydrogen) atoms. The van der Waals surface area contributed by atoms with Crippen LogP contribution in [-0.4, -0.2) is 37.7 Å². The quantitative estimate of drug-likeness (QED) is 0.152. The van der Waals surface area contributed by atoms with E-state index in [1.54, 1.807) is 48.5 Å². The van der Waals surface area contributed by atoms with Gasteiger partial charge in [-0.3, -0.25) is 9.59 Å². The molecule has 0 aliphatic heterocycles. The second kappa shape index (κ2) is 11.5. The van der Waals surface area contributed by atoms with Crippen molar-refractivity contribution in [1.29, 1.82) is 0 Å². The first-order valence-corrected chi connectivity index (χ1v) is 11.9. The highest BCUT2D eigenvalue weighted by Crippen LogP contribution is 2.35. The lowest BCUT2D eigenvalue weighted by Crippen LogP contribution is -2.34. The van der Waals surface area contributed by atoms with Crippen LogP contribution in [0.3, 0.4) is 0 Å². The Morgan fingerprint density at radius 1 is 1.00 bits per heavy atom. The van der Waals surface area contributed by atoms with Gasteiger partial charge in [0.2, 0.25) is 0 Å². The number of nitrogens with one attached hydrogen (secondary N) is 2. The first-order valence-electron chi connectivity index (χ1n) is 10.7. The summed E-state index contributed by atoms with van der Waals surface area (Å²) < 4.78 is 11.4. The molecular formula is C26H20ClN3O5S. The summed E-state index contributed by atoms with van der Waals surface area (Å²) in [6.07, 6.45) is 1.40. The Morgan fingerprint density at radius 3 is 2.53 bits per heavy atom. The van der Waals surface area contributed by atoms with Crippen molar-refractivity contribution in [2.45, 2.75) is 0 Å². The molecule has 2 N–H and O–H groups in total. The van der Waals surface area contributed by atoms with E-state index in [0.717, 1.165) is 10.1 Å². The van der Waals surface area contributed by atoms with Gasteiger partial charge in [-0.15, -0.1) is 11.3 Å². The molecule has 0 aliphatic rings. The van der Waals surface area contributed by atoms with Gasteiger partial charge in [-0.05, 0) is 48.0 Å². The molecule has 1 aromatic heterocycles. The lowest BCUT2D eigenvalue weighted by atomic mass is 10.2. The standard InChI is InChI=1S/C26H20ClN3O5S/c1-34-18-11-9-17(10-12-18)25(32)28-15-22(31)30-29-14-16-5-4-6-19(13-16)35-26(33)24-23(27)20-7-2-3-8-21(20)36-24/h2-14H,15H2,1H3,(H,28,32)(H,30,31)/b29-14+. The summed E-state index contributed by atoms with van der Waals surface area (Å²) in [5.74, 6) is -0.534. The third-order valence-electron chi connectivity index (χ3n) is 4.95. The maximum Gasteiger partial charge on any atom is 0.355 e. The highest BCUT2D eigenvalue weighted by molar-refractivity contribution is 7.21. The molecule has 0 spiro atoms. The number of fused-ring (bicyclic) bond motifs is 1. The average Bonchev–Trinajstić information content (AvgIpc) is 3.24. The van der Waals surface area contributed by atoms with E-state index < -0.39 is 17.8 Å². The van der Waals surface area contributed by atoms with Crippen LogP contribution in [0.5, 0.6) is 11.5 Å². The van der Waals surface area contributed by atoms with Gasteiger partial charge in [0.05, 0.1) is 24.9 Å². The lowest BCUT2D eigenvalue weighted by molar-refractivity contribution is -0.120. The number of amides is 2. The van der Waals surface area contributed by atoms with Crippen molar-refractivity contribution in [2.75, 3.05) is 13.7 Å². The van der Waals surface area contributed by atoms with Crippen molar-refractivity contribution < 1.29 is 23.9 Å². The van der Waals surface area contributed by atoms with Gasteiger partial charge in [-0.25, -0.2) is 10.2 Å². The Hall–Kier alpha value is -4.21. The molecule has 1 heterocycles. The number of benzene rings is 3. The predicted octanol–water partition coefficient (Wildman–Crippen LogP) is 4.66. The van der Waals surface area contributed by atoms with Gasteiger partial charge in [0.1, 0.15) is 16.4 Å². The average molecular weight is 522 g/mol. The van der Waals surface area contributed by atoms with E-state index >= 15 is 0 Å². The Bertz CT molecular complexity index is 1450. The fraction of sp³-hybridized carbons (Fsp3) is 0.0769. The number of nitrogens with zero attached hydrogens (tertiary/aromatic N) is 1. The van der Waals surface area contributed by atoms with E-state index in [0.29, 0.717) is 32.5 Å². The van der Waals surface area contributed by atoms with Crippen LogP contribution in [-0.2, 0) is 4.79 Å². The number of esters is 1. The van der Waals surface area contributed by atoms with Crippen LogP contribution in [0, 0.1) is 0 Å². The zero-order valence-corrected chi connectivity index (χ0v) is 20.6. The zero-order valence-electron chi connectivity index (χ0n) is 19.0. The number of carbonyl (C=O) groups excluding carboxylic acids is 3. The van der Waals surface area contributed by atoms with Crippen LogP contribution < -0.4 is 20.2 Å². The number of hydrogen-bond acceptors (Lipinski definition) is 7. The van der Waals surface area contributed by atoms with Crippen molar-refractivity contribution in [3.63, 3.8) is 0 Å². The van der Waals surface area contributed by atoms with Crippen LogP contribution in [0.15, 0.2) is 77.9 Å². The summed E-state index contributed by atoms with van der Waals surface area (Å²) in [4.78, 5) is 37.1. The summed E-state index contributed by atoms with van der Waals surface area (Å²) in [5.41, 5.74) is 3.32. The minimum atomic E-state index is -0.559. The molecule has 182 valence electrons. The van der Waals surface area contributed by atoms with Gasteiger partial charge in [0.25, 0.3) is 11.8 Å². The molecule has 4 aromatic rings. The largest absolute Gasteiger partial charge is 0.497 e. The Morgan fingerprint density at radius 2 is 1.78 bits per heavy atom. The number of hydrazone groups is 1. The van der Waals surface area contributed by atoms with Crippen molar-refractivity contribution >= 4 is 57.0 Å². The topological polar surface area (TPSA) is 106 Å². The van der Waals surface area contributed by atoms with E-state index in [4.69, 9.17) is 21.1 Å². The summed E-state index contributed by atoms with van der Waals surface area (Å²) in [5, 5.41) is 7.56. The number of halogens is 1. The van der Waals surface area contributed by atoms with Gasteiger partial charge < -0.3 is 14.8 Å². The normalized spacial score (nSPS) is 10.8. The van der Waals surface area contributed by atoms with Gasteiger partial charge in [0, 0.05) is 15.6 Å². The minimum Gasteiger partial charge on any atom is -0.497 e. The van der Waals surface area contributed by atoms with Crippen LogP contribution in [0.4, 0.5) is 0 Å². The van der Waals surface area contributed by atoms with Crippen molar-refractivity contribution in [1.82, 2.24) is 10.7 Å². The van der Waals surface area contributed by atoms with Crippen LogP contribution >= 0.6 is 22.9 Å². The van der Waals surface area contributed by atoms with Crippen LogP contribution in [0.1, 0.15) is 25.6 Å². The second-order valence-electron chi connectivity index (χ2n) is 7.41. The van der Waals surface area contributed by atoms with Crippen LogP contribution in [0.2, 0.25) is 5.02 Å².